The van der Waals surface area contributed by atoms with Gasteiger partial charge >= 0.3 is 6.18 Å². The van der Waals surface area contributed by atoms with Crippen molar-refractivity contribution in [2.45, 2.75) is 37.2 Å². The number of piperidine rings is 1. The number of hydrogen-bond acceptors (Lipinski definition) is 4. The molecule has 110 valence electrons. The van der Waals surface area contributed by atoms with Gasteiger partial charge in [-0.2, -0.15) is 13.2 Å². The Morgan fingerprint density at radius 2 is 1.90 bits per heavy atom. The minimum absolute atomic E-state index is 0.0283. The summed E-state index contributed by atoms with van der Waals surface area (Å²) in [6.45, 7) is 1.30. The minimum Gasteiger partial charge on any atom is -0.474 e. The van der Waals surface area contributed by atoms with E-state index in [0.717, 1.165) is 25.1 Å². The molecule has 1 aromatic rings. The summed E-state index contributed by atoms with van der Waals surface area (Å²) in [6, 6.07) is 2.77. The van der Waals surface area contributed by atoms with Crippen LogP contribution < -0.4 is 10.1 Å². The largest absolute Gasteiger partial charge is 0.474 e. The van der Waals surface area contributed by atoms with Gasteiger partial charge in [0, 0.05) is 37.2 Å². The van der Waals surface area contributed by atoms with E-state index in [2.05, 4.69) is 10.3 Å². The van der Waals surface area contributed by atoms with E-state index in [9.17, 15) is 13.2 Å². The van der Waals surface area contributed by atoms with Gasteiger partial charge in [-0.3, -0.25) is 0 Å². The molecule has 0 aliphatic carbocycles. The lowest BCUT2D eigenvalue weighted by Crippen LogP contribution is -2.56. The number of morpholine rings is 1. The molecular weight excluding hydrogens is 273 g/mol. The summed E-state index contributed by atoms with van der Waals surface area (Å²) in [7, 11) is 0. The van der Waals surface area contributed by atoms with Crippen LogP contribution in [0, 0.1) is 0 Å². The maximum atomic E-state index is 12.4. The average Bonchev–Trinajstić information content (AvgIpc) is 2.38. The van der Waals surface area contributed by atoms with Gasteiger partial charge in [0.15, 0.2) is 0 Å². The van der Waals surface area contributed by atoms with E-state index >= 15 is 0 Å². The number of nitrogens with one attached hydrogen (secondary N) is 1. The molecule has 4 nitrogen and oxygen atoms in total. The van der Waals surface area contributed by atoms with E-state index in [1.54, 1.807) is 0 Å². The molecule has 7 heteroatoms. The molecule has 1 N–H and O–H groups in total. The molecule has 3 heterocycles. The zero-order valence-electron chi connectivity index (χ0n) is 10.7. The van der Waals surface area contributed by atoms with Gasteiger partial charge in [0.1, 0.15) is 6.10 Å². The number of pyridine rings is 1. The molecule has 2 bridgehead atoms. The van der Waals surface area contributed by atoms with Crippen LogP contribution in [0.2, 0.25) is 0 Å². The first-order chi connectivity index (χ1) is 9.50. The summed E-state index contributed by atoms with van der Waals surface area (Å²) in [5.41, 5.74) is -0.763. The van der Waals surface area contributed by atoms with Gasteiger partial charge in [-0.1, -0.05) is 0 Å². The zero-order chi connectivity index (χ0) is 14.2. The average molecular weight is 288 g/mol. The van der Waals surface area contributed by atoms with Gasteiger partial charge in [0.25, 0.3) is 0 Å². The topological polar surface area (TPSA) is 43.4 Å². The van der Waals surface area contributed by atoms with Crippen LogP contribution in [-0.4, -0.2) is 36.4 Å². The molecule has 0 unspecified atom stereocenters. The van der Waals surface area contributed by atoms with Crippen molar-refractivity contribution in [2.24, 2.45) is 0 Å². The lowest BCUT2D eigenvalue weighted by molar-refractivity contribution is -0.137. The van der Waals surface area contributed by atoms with Gasteiger partial charge in [-0.05, 0) is 6.07 Å². The normalized spacial score (nSPS) is 30.1. The third-order valence-corrected chi connectivity index (χ3v) is 3.56. The Bertz CT molecular complexity index is 452. The van der Waals surface area contributed by atoms with Crippen LogP contribution in [0.3, 0.4) is 0 Å². The van der Waals surface area contributed by atoms with Crippen LogP contribution in [0.1, 0.15) is 18.4 Å². The van der Waals surface area contributed by atoms with Crippen molar-refractivity contribution in [1.29, 1.82) is 0 Å². The van der Waals surface area contributed by atoms with Crippen LogP contribution in [0.4, 0.5) is 13.2 Å². The van der Waals surface area contributed by atoms with E-state index in [1.165, 1.54) is 6.07 Å². The lowest BCUT2D eigenvalue weighted by Gasteiger charge is -2.39. The number of rotatable bonds is 2. The maximum absolute atomic E-state index is 12.4. The first-order valence-corrected chi connectivity index (χ1v) is 6.54. The standard InChI is InChI=1S/C13H15F3N2O2/c14-13(15,16)8-1-2-12(17-5-8)20-11-3-9-6-19-7-10(4-11)18-9/h1-2,5,9-11,18H,3-4,6-7H2/t9-,10+,11-. The lowest BCUT2D eigenvalue weighted by atomic mass is 9.95. The molecule has 2 aliphatic rings. The summed E-state index contributed by atoms with van der Waals surface area (Å²) >= 11 is 0. The Balaban J connectivity index is 1.63. The van der Waals surface area contributed by atoms with Crippen molar-refractivity contribution < 1.29 is 22.6 Å². The molecule has 0 spiro atoms. The molecule has 3 rings (SSSR count). The molecule has 2 fully saturated rings. The molecule has 1 aromatic heterocycles. The van der Waals surface area contributed by atoms with Gasteiger partial charge in [-0.15, -0.1) is 0 Å². The van der Waals surface area contributed by atoms with E-state index in [0.29, 0.717) is 13.2 Å². The van der Waals surface area contributed by atoms with Crippen LogP contribution in [0.15, 0.2) is 18.3 Å². The van der Waals surface area contributed by atoms with Crippen LogP contribution in [0.25, 0.3) is 0 Å². The zero-order valence-corrected chi connectivity index (χ0v) is 10.7. The quantitative estimate of drug-likeness (QED) is 0.904. The second kappa shape index (κ2) is 5.21. The second-order valence-electron chi connectivity index (χ2n) is 5.19. The van der Waals surface area contributed by atoms with Crippen molar-refractivity contribution in [1.82, 2.24) is 10.3 Å². The van der Waals surface area contributed by atoms with Crippen molar-refractivity contribution in [2.75, 3.05) is 13.2 Å². The Hall–Kier alpha value is -1.34. The number of ether oxygens (including phenoxy) is 2. The van der Waals surface area contributed by atoms with Crippen molar-refractivity contribution in [3.8, 4) is 5.88 Å². The number of aromatic nitrogens is 1. The van der Waals surface area contributed by atoms with E-state index in [4.69, 9.17) is 9.47 Å². The molecule has 20 heavy (non-hydrogen) atoms. The first-order valence-electron chi connectivity index (χ1n) is 6.54. The highest BCUT2D eigenvalue weighted by atomic mass is 19.4. The molecular formula is C13H15F3N2O2. The van der Waals surface area contributed by atoms with Crippen molar-refractivity contribution in [3.05, 3.63) is 23.9 Å². The summed E-state index contributed by atoms with van der Waals surface area (Å²) in [5, 5.41) is 3.42. The number of nitrogens with zero attached hydrogens (tertiary/aromatic N) is 1. The van der Waals surface area contributed by atoms with E-state index in [1.807, 2.05) is 0 Å². The van der Waals surface area contributed by atoms with Gasteiger partial charge in [0.05, 0.1) is 18.8 Å². The Labute approximate surface area is 114 Å². The van der Waals surface area contributed by atoms with Crippen molar-refractivity contribution >= 4 is 0 Å². The van der Waals surface area contributed by atoms with Crippen molar-refractivity contribution in [3.63, 3.8) is 0 Å². The molecule has 0 amide bonds. The maximum Gasteiger partial charge on any atom is 0.417 e. The summed E-state index contributed by atoms with van der Waals surface area (Å²) in [4.78, 5) is 3.74. The Morgan fingerprint density at radius 3 is 2.45 bits per heavy atom. The minimum atomic E-state index is -4.37. The van der Waals surface area contributed by atoms with Crippen LogP contribution >= 0.6 is 0 Å². The number of hydrogen-bond donors (Lipinski definition) is 1. The molecule has 2 saturated heterocycles. The third kappa shape index (κ3) is 3.04. The van der Waals surface area contributed by atoms with Crippen LogP contribution in [-0.2, 0) is 10.9 Å². The predicted molar refractivity (Wildman–Crippen MR) is 64.4 cm³/mol. The van der Waals surface area contributed by atoms with Gasteiger partial charge < -0.3 is 14.8 Å². The third-order valence-electron chi connectivity index (χ3n) is 3.56. The SMILES string of the molecule is FC(F)(F)c1ccc(O[C@H]2C[C@H]3COC[C@@H](C2)N3)nc1. The fourth-order valence-electron chi connectivity index (χ4n) is 2.67. The predicted octanol–water partition coefficient (Wildman–Crippen LogP) is 2.00. The smallest absolute Gasteiger partial charge is 0.417 e. The Kier molecular flexibility index (Phi) is 3.55. The molecule has 0 aromatic carbocycles. The molecule has 3 atom stereocenters. The monoisotopic (exact) mass is 288 g/mol. The molecule has 2 aliphatic heterocycles. The highest BCUT2D eigenvalue weighted by molar-refractivity contribution is 5.20. The summed E-state index contributed by atoms with van der Waals surface area (Å²) in [6.07, 6.45) is -2.03. The second-order valence-corrected chi connectivity index (χ2v) is 5.19. The number of halogens is 3. The Morgan fingerprint density at radius 1 is 1.20 bits per heavy atom. The van der Waals surface area contributed by atoms with E-state index in [-0.39, 0.29) is 24.1 Å². The van der Waals surface area contributed by atoms with Gasteiger partial charge in [0.2, 0.25) is 5.88 Å². The summed E-state index contributed by atoms with van der Waals surface area (Å²) in [5.74, 6) is 0.240. The highest BCUT2D eigenvalue weighted by Crippen LogP contribution is 2.30. The fraction of sp³-hybridized carbons (Fsp3) is 0.615. The molecule has 0 radical (unpaired) electrons. The van der Waals surface area contributed by atoms with Gasteiger partial charge in [-0.25, -0.2) is 4.98 Å². The number of fused-ring (bicyclic) bond motifs is 2. The van der Waals surface area contributed by atoms with Crippen LogP contribution in [0.5, 0.6) is 5.88 Å². The first kappa shape index (κ1) is 13.6. The highest BCUT2D eigenvalue weighted by Gasteiger charge is 2.34. The summed E-state index contributed by atoms with van der Waals surface area (Å²) < 4.78 is 48.4. The van der Waals surface area contributed by atoms with E-state index < -0.39 is 11.7 Å². The fourth-order valence-corrected chi connectivity index (χ4v) is 2.67. The number of alkyl halides is 3. The molecule has 0 saturated carbocycles.